The lowest BCUT2D eigenvalue weighted by molar-refractivity contribution is 0.533. The fourth-order valence-corrected chi connectivity index (χ4v) is 1.90. The molecular weight excluding hydrogens is 244 g/mol. The van der Waals surface area contributed by atoms with Crippen LogP contribution in [0.15, 0.2) is 42.5 Å². The van der Waals surface area contributed by atoms with Crippen molar-refractivity contribution in [2.45, 2.75) is 26.4 Å². The molecule has 0 amide bonds. The summed E-state index contributed by atoms with van der Waals surface area (Å²) in [7, 11) is 0. The Morgan fingerprint density at radius 2 is 1.74 bits per heavy atom. The maximum Gasteiger partial charge on any atom is 0.130 e. The summed E-state index contributed by atoms with van der Waals surface area (Å²) >= 11 is 0. The highest BCUT2D eigenvalue weighted by atomic mass is 19.1. The maximum atomic E-state index is 13.5. The quantitative estimate of drug-likeness (QED) is 0.872. The molecule has 0 aromatic heterocycles. The van der Waals surface area contributed by atoms with Crippen LogP contribution in [0.3, 0.4) is 0 Å². The van der Waals surface area contributed by atoms with Crippen LogP contribution in [-0.2, 0) is 6.54 Å². The smallest absolute Gasteiger partial charge is 0.130 e. The van der Waals surface area contributed by atoms with Crippen molar-refractivity contribution in [3.05, 3.63) is 70.8 Å². The second-order valence-corrected chi connectivity index (χ2v) is 4.75. The number of benzene rings is 2. The van der Waals surface area contributed by atoms with Gasteiger partial charge in [-0.3, -0.25) is 0 Å². The number of nitrogens with one attached hydrogen (secondary N) is 1. The first kappa shape index (κ1) is 13.7. The Bertz CT molecular complexity index is 549. The molecule has 2 aromatic rings. The van der Waals surface area contributed by atoms with Crippen molar-refractivity contribution in [3.63, 3.8) is 0 Å². The molecule has 0 heterocycles. The zero-order chi connectivity index (χ0) is 13.8. The zero-order valence-electron chi connectivity index (χ0n) is 11.1. The van der Waals surface area contributed by atoms with Crippen LogP contribution in [0.1, 0.15) is 29.7 Å². The third-order valence-electron chi connectivity index (χ3n) is 3.19. The van der Waals surface area contributed by atoms with E-state index in [0.29, 0.717) is 12.1 Å². The molecule has 0 unspecified atom stereocenters. The van der Waals surface area contributed by atoms with Crippen molar-refractivity contribution in [2.75, 3.05) is 0 Å². The van der Waals surface area contributed by atoms with Crippen LogP contribution >= 0.6 is 0 Å². The van der Waals surface area contributed by atoms with Gasteiger partial charge in [0.15, 0.2) is 0 Å². The molecule has 0 aliphatic rings. The third kappa shape index (κ3) is 3.61. The molecule has 1 nitrogen and oxygen atoms in total. The summed E-state index contributed by atoms with van der Waals surface area (Å²) in [5.74, 6) is -1.06. The Hall–Kier alpha value is -1.74. The first-order chi connectivity index (χ1) is 9.06. The maximum absolute atomic E-state index is 13.5. The molecule has 0 bridgehead atoms. The van der Waals surface area contributed by atoms with Crippen molar-refractivity contribution in [3.8, 4) is 0 Å². The molecule has 0 aliphatic heterocycles. The normalized spacial score (nSPS) is 12.4. The summed E-state index contributed by atoms with van der Waals surface area (Å²) in [6, 6.07) is 12.0. The zero-order valence-corrected chi connectivity index (χ0v) is 11.1. The SMILES string of the molecule is Cc1ccc([C@@H](C)NCc2ccc(F)cc2F)cc1. The van der Waals surface area contributed by atoms with E-state index in [-0.39, 0.29) is 6.04 Å². The summed E-state index contributed by atoms with van der Waals surface area (Å²) in [6.45, 7) is 4.43. The second-order valence-electron chi connectivity index (χ2n) is 4.75. The number of halogens is 2. The van der Waals surface area contributed by atoms with Crippen molar-refractivity contribution in [2.24, 2.45) is 0 Å². The molecule has 0 fully saturated rings. The molecule has 1 atom stereocenters. The highest BCUT2D eigenvalue weighted by molar-refractivity contribution is 5.24. The van der Waals surface area contributed by atoms with E-state index in [1.54, 1.807) is 0 Å². The van der Waals surface area contributed by atoms with E-state index in [1.165, 1.54) is 17.7 Å². The fourth-order valence-electron chi connectivity index (χ4n) is 1.90. The largest absolute Gasteiger partial charge is 0.306 e. The number of rotatable bonds is 4. The second kappa shape index (κ2) is 5.93. The monoisotopic (exact) mass is 261 g/mol. The van der Waals surface area contributed by atoms with Crippen molar-refractivity contribution in [1.29, 1.82) is 0 Å². The van der Waals surface area contributed by atoms with Gasteiger partial charge in [0.1, 0.15) is 11.6 Å². The fraction of sp³-hybridized carbons (Fsp3) is 0.250. The lowest BCUT2D eigenvalue weighted by Crippen LogP contribution is -2.18. The third-order valence-corrected chi connectivity index (χ3v) is 3.19. The Morgan fingerprint density at radius 3 is 2.37 bits per heavy atom. The molecule has 3 heteroatoms. The van der Waals surface area contributed by atoms with Crippen LogP contribution in [-0.4, -0.2) is 0 Å². The molecule has 0 aliphatic carbocycles. The lowest BCUT2D eigenvalue weighted by atomic mass is 10.1. The predicted octanol–water partition coefficient (Wildman–Crippen LogP) is 4.12. The molecule has 1 N–H and O–H groups in total. The van der Waals surface area contributed by atoms with Gasteiger partial charge in [-0.2, -0.15) is 0 Å². The van der Waals surface area contributed by atoms with Gasteiger partial charge in [-0.05, 0) is 25.5 Å². The van der Waals surface area contributed by atoms with Gasteiger partial charge >= 0.3 is 0 Å². The molecule has 0 saturated heterocycles. The molecule has 0 spiro atoms. The number of hydrogen-bond donors (Lipinski definition) is 1. The summed E-state index contributed by atoms with van der Waals surface area (Å²) in [6.07, 6.45) is 0. The van der Waals surface area contributed by atoms with E-state index < -0.39 is 11.6 Å². The standard InChI is InChI=1S/C16H17F2N/c1-11-3-5-13(6-4-11)12(2)19-10-14-7-8-15(17)9-16(14)18/h3-9,12,19H,10H2,1-2H3/t12-/m1/s1. The lowest BCUT2D eigenvalue weighted by Gasteiger charge is -2.15. The number of aryl methyl sites for hydroxylation is 1. The molecule has 19 heavy (non-hydrogen) atoms. The first-order valence-electron chi connectivity index (χ1n) is 6.30. The average Bonchev–Trinajstić information content (AvgIpc) is 2.38. The highest BCUT2D eigenvalue weighted by Crippen LogP contribution is 2.15. The molecule has 2 rings (SSSR count). The minimum absolute atomic E-state index is 0.116. The first-order valence-corrected chi connectivity index (χ1v) is 6.30. The number of hydrogen-bond acceptors (Lipinski definition) is 1. The van der Waals surface area contributed by atoms with E-state index in [2.05, 4.69) is 5.32 Å². The van der Waals surface area contributed by atoms with Crippen molar-refractivity contribution >= 4 is 0 Å². The predicted molar refractivity (Wildman–Crippen MR) is 72.8 cm³/mol. The van der Waals surface area contributed by atoms with E-state index in [9.17, 15) is 8.78 Å². The van der Waals surface area contributed by atoms with Crippen LogP contribution in [0.4, 0.5) is 8.78 Å². The van der Waals surface area contributed by atoms with Crippen LogP contribution in [0, 0.1) is 18.6 Å². The van der Waals surface area contributed by atoms with Crippen molar-refractivity contribution in [1.82, 2.24) is 5.32 Å². The van der Waals surface area contributed by atoms with Crippen LogP contribution < -0.4 is 5.32 Å². The van der Waals surface area contributed by atoms with Gasteiger partial charge in [-0.15, -0.1) is 0 Å². The van der Waals surface area contributed by atoms with Gasteiger partial charge in [-0.25, -0.2) is 8.78 Å². The minimum atomic E-state index is -0.548. The molecule has 2 aromatic carbocycles. The van der Waals surface area contributed by atoms with Gasteiger partial charge < -0.3 is 5.32 Å². The van der Waals surface area contributed by atoms with E-state index in [0.717, 1.165) is 11.6 Å². The summed E-state index contributed by atoms with van der Waals surface area (Å²) in [5.41, 5.74) is 2.83. The molecule has 0 saturated carbocycles. The van der Waals surface area contributed by atoms with Gasteiger partial charge in [0.25, 0.3) is 0 Å². The summed E-state index contributed by atoms with van der Waals surface area (Å²) in [5, 5.41) is 3.23. The summed E-state index contributed by atoms with van der Waals surface area (Å²) in [4.78, 5) is 0. The van der Waals surface area contributed by atoms with Gasteiger partial charge in [-0.1, -0.05) is 35.9 Å². The van der Waals surface area contributed by atoms with E-state index >= 15 is 0 Å². The Labute approximate surface area is 112 Å². The Balaban J connectivity index is 2.00. The van der Waals surface area contributed by atoms with Crippen LogP contribution in [0.25, 0.3) is 0 Å². The molecule has 100 valence electrons. The Kier molecular flexibility index (Phi) is 4.27. The van der Waals surface area contributed by atoms with Crippen molar-refractivity contribution < 1.29 is 8.78 Å². The highest BCUT2D eigenvalue weighted by Gasteiger charge is 2.07. The molecule has 0 radical (unpaired) electrons. The Morgan fingerprint density at radius 1 is 1.05 bits per heavy atom. The summed E-state index contributed by atoms with van der Waals surface area (Å²) < 4.78 is 26.3. The van der Waals surface area contributed by atoms with Gasteiger partial charge in [0, 0.05) is 24.2 Å². The van der Waals surface area contributed by atoms with Gasteiger partial charge in [0.2, 0.25) is 0 Å². The van der Waals surface area contributed by atoms with E-state index in [1.807, 2.05) is 38.1 Å². The topological polar surface area (TPSA) is 12.0 Å². The van der Waals surface area contributed by atoms with Crippen LogP contribution in [0.2, 0.25) is 0 Å². The minimum Gasteiger partial charge on any atom is -0.306 e. The van der Waals surface area contributed by atoms with Crippen LogP contribution in [0.5, 0.6) is 0 Å². The average molecular weight is 261 g/mol. The molecular formula is C16H17F2N. The van der Waals surface area contributed by atoms with Gasteiger partial charge in [0.05, 0.1) is 0 Å². The van der Waals surface area contributed by atoms with E-state index in [4.69, 9.17) is 0 Å².